The number of hydrogen-bond donors (Lipinski definition) is 1. The summed E-state index contributed by atoms with van der Waals surface area (Å²) >= 11 is 0. The van der Waals surface area contributed by atoms with Gasteiger partial charge in [0, 0.05) is 25.6 Å². The molecule has 0 rings (SSSR count). The third kappa shape index (κ3) is 5.17. The summed E-state index contributed by atoms with van der Waals surface area (Å²) in [7, 11) is 1.87. The summed E-state index contributed by atoms with van der Waals surface area (Å²) in [4.78, 5) is 13.6. The summed E-state index contributed by atoms with van der Waals surface area (Å²) in [5.74, 6) is 0.190. The molecule has 0 aliphatic rings. The van der Waals surface area contributed by atoms with E-state index in [0.29, 0.717) is 6.42 Å². The topological polar surface area (TPSA) is 46.3 Å². The van der Waals surface area contributed by atoms with Crippen LogP contribution in [0.4, 0.5) is 0 Å². The fraction of sp³-hybridized carbons (Fsp3) is 0.917. The Morgan fingerprint density at radius 3 is 2.13 bits per heavy atom. The Bertz CT molecular complexity index is 206. The number of hydrogen-bond acceptors (Lipinski definition) is 2. The molecule has 0 saturated carbocycles. The van der Waals surface area contributed by atoms with Crippen LogP contribution in [0.2, 0.25) is 0 Å². The van der Waals surface area contributed by atoms with E-state index in [4.69, 9.17) is 5.73 Å². The fourth-order valence-electron chi connectivity index (χ4n) is 1.32. The number of amides is 1. The van der Waals surface area contributed by atoms with Gasteiger partial charge in [0.1, 0.15) is 0 Å². The van der Waals surface area contributed by atoms with E-state index in [1.165, 1.54) is 0 Å². The van der Waals surface area contributed by atoms with E-state index in [-0.39, 0.29) is 23.4 Å². The Labute approximate surface area is 94.0 Å². The smallest absolute Gasteiger partial charge is 0.222 e. The molecule has 0 aliphatic heterocycles. The van der Waals surface area contributed by atoms with Gasteiger partial charge in [0.25, 0.3) is 0 Å². The summed E-state index contributed by atoms with van der Waals surface area (Å²) in [5.41, 5.74) is 5.76. The Balaban J connectivity index is 4.20. The Kier molecular flexibility index (Phi) is 5.29. The van der Waals surface area contributed by atoms with E-state index in [1.807, 2.05) is 18.9 Å². The van der Waals surface area contributed by atoms with Gasteiger partial charge < -0.3 is 10.6 Å². The van der Waals surface area contributed by atoms with Crippen molar-refractivity contribution in [3.05, 3.63) is 0 Å². The number of nitrogens with zero attached hydrogens (tertiary/aromatic N) is 1. The van der Waals surface area contributed by atoms with Crippen molar-refractivity contribution in [1.29, 1.82) is 0 Å². The summed E-state index contributed by atoms with van der Waals surface area (Å²) in [5, 5.41) is 0. The second-order valence-electron chi connectivity index (χ2n) is 5.56. The molecule has 90 valence electrons. The van der Waals surface area contributed by atoms with Crippen molar-refractivity contribution in [3.63, 3.8) is 0 Å². The van der Waals surface area contributed by atoms with Crippen LogP contribution >= 0.6 is 0 Å². The zero-order valence-electron chi connectivity index (χ0n) is 11.0. The van der Waals surface area contributed by atoms with Gasteiger partial charge in [-0.25, -0.2) is 0 Å². The lowest BCUT2D eigenvalue weighted by Gasteiger charge is -2.35. The fourth-order valence-corrected chi connectivity index (χ4v) is 1.32. The van der Waals surface area contributed by atoms with Gasteiger partial charge in [-0.15, -0.1) is 0 Å². The molecule has 15 heavy (non-hydrogen) atoms. The van der Waals surface area contributed by atoms with Crippen LogP contribution in [0.15, 0.2) is 0 Å². The van der Waals surface area contributed by atoms with Gasteiger partial charge in [-0.2, -0.15) is 0 Å². The quantitative estimate of drug-likeness (QED) is 0.778. The molecule has 0 saturated heterocycles. The molecule has 1 amide bonds. The molecule has 0 aromatic carbocycles. The minimum atomic E-state index is 0.104. The molecular weight excluding hydrogens is 188 g/mol. The van der Waals surface area contributed by atoms with Crippen LogP contribution in [0.3, 0.4) is 0 Å². The van der Waals surface area contributed by atoms with Crippen LogP contribution < -0.4 is 5.73 Å². The number of carbonyl (C=O) groups is 1. The van der Waals surface area contributed by atoms with Crippen LogP contribution in [0.25, 0.3) is 0 Å². The average molecular weight is 214 g/mol. The molecule has 2 N–H and O–H groups in total. The predicted octanol–water partition coefficient (Wildman–Crippen LogP) is 2.01. The van der Waals surface area contributed by atoms with Crippen molar-refractivity contribution in [2.75, 3.05) is 7.05 Å². The maximum Gasteiger partial charge on any atom is 0.222 e. The molecule has 0 aromatic rings. The maximum absolute atomic E-state index is 11.8. The molecule has 0 aliphatic carbocycles. The van der Waals surface area contributed by atoms with Crippen molar-refractivity contribution in [2.24, 2.45) is 11.1 Å². The van der Waals surface area contributed by atoms with Crippen LogP contribution in [-0.2, 0) is 4.79 Å². The van der Waals surface area contributed by atoms with Crippen molar-refractivity contribution >= 4 is 5.91 Å². The first kappa shape index (κ1) is 14.4. The highest BCUT2D eigenvalue weighted by Gasteiger charge is 2.26. The zero-order valence-corrected chi connectivity index (χ0v) is 11.0. The molecule has 0 spiro atoms. The van der Waals surface area contributed by atoms with E-state index in [0.717, 1.165) is 6.42 Å². The van der Waals surface area contributed by atoms with Crippen LogP contribution in [0.5, 0.6) is 0 Å². The molecular formula is C12H26N2O. The third-order valence-corrected chi connectivity index (χ3v) is 3.04. The Morgan fingerprint density at radius 2 is 1.80 bits per heavy atom. The molecule has 2 atom stereocenters. The normalized spacial score (nSPS) is 15.9. The molecule has 0 aromatic heterocycles. The van der Waals surface area contributed by atoms with E-state index in [2.05, 4.69) is 27.7 Å². The lowest BCUT2D eigenvalue weighted by Crippen LogP contribution is -2.43. The van der Waals surface area contributed by atoms with Gasteiger partial charge in [-0.3, -0.25) is 4.79 Å². The largest absolute Gasteiger partial charge is 0.343 e. The second kappa shape index (κ2) is 5.50. The highest BCUT2D eigenvalue weighted by molar-refractivity contribution is 5.76. The summed E-state index contributed by atoms with van der Waals surface area (Å²) < 4.78 is 0. The maximum atomic E-state index is 11.8. The molecule has 0 bridgehead atoms. The van der Waals surface area contributed by atoms with Gasteiger partial charge in [0.2, 0.25) is 5.91 Å². The number of nitrogens with two attached hydrogens (primary N) is 1. The molecule has 3 heteroatoms. The summed E-state index contributed by atoms with van der Waals surface area (Å²) in [6, 6.07) is 0.352. The lowest BCUT2D eigenvalue weighted by molar-refractivity contribution is -0.133. The Morgan fingerprint density at radius 1 is 1.33 bits per heavy atom. The lowest BCUT2D eigenvalue weighted by atomic mass is 9.87. The monoisotopic (exact) mass is 214 g/mol. The van der Waals surface area contributed by atoms with Gasteiger partial charge in [-0.1, -0.05) is 20.8 Å². The second-order valence-corrected chi connectivity index (χ2v) is 5.56. The van der Waals surface area contributed by atoms with E-state index >= 15 is 0 Å². The standard InChI is InChI=1S/C12H26N2O/c1-9(13)7-8-11(15)14(6)10(2)12(3,4)5/h9-10H,7-8,13H2,1-6H3. The highest BCUT2D eigenvalue weighted by Crippen LogP contribution is 2.23. The van der Waals surface area contributed by atoms with E-state index in [9.17, 15) is 4.79 Å². The van der Waals surface area contributed by atoms with Gasteiger partial charge in [-0.05, 0) is 25.7 Å². The molecule has 0 heterocycles. The van der Waals surface area contributed by atoms with Crippen molar-refractivity contribution in [1.82, 2.24) is 4.90 Å². The first-order valence-electron chi connectivity index (χ1n) is 5.67. The highest BCUT2D eigenvalue weighted by atomic mass is 16.2. The zero-order chi connectivity index (χ0) is 12.2. The van der Waals surface area contributed by atoms with E-state index in [1.54, 1.807) is 0 Å². The van der Waals surface area contributed by atoms with Gasteiger partial charge >= 0.3 is 0 Å². The summed E-state index contributed by atoms with van der Waals surface area (Å²) in [6.07, 6.45) is 1.31. The van der Waals surface area contributed by atoms with Crippen molar-refractivity contribution < 1.29 is 4.79 Å². The first-order chi connectivity index (χ1) is 6.66. The van der Waals surface area contributed by atoms with Crippen molar-refractivity contribution in [3.8, 4) is 0 Å². The van der Waals surface area contributed by atoms with Crippen LogP contribution in [-0.4, -0.2) is 29.9 Å². The van der Waals surface area contributed by atoms with Gasteiger partial charge in [0.15, 0.2) is 0 Å². The molecule has 0 radical (unpaired) electrons. The minimum absolute atomic E-state index is 0.104. The van der Waals surface area contributed by atoms with Crippen LogP contribution in [0, 0.1) is 5.41 Å². The molecule has 3 nitrogen and oxygen atoms in total. The average Bonchev–Trinajstić information content (AvgIpc) is 2.10. The molecule has 2 unspecified atom stereocenters. The van der Waals surface area contributed by atoms with Crippen LogP contribution in [0.1, 0.15) is 47.5 Å². The third-order valence-electron chi connectivity index (χ3n) is 3.04. The SMILES string of the molecule is CC(N)CCC(=O)N(C)C(C)C(C)(C)C. The predicted molar refractivity (Wildman–Crippen MR) is 64.6 cm³/mol. The van der Waals surface area contributed by atoms with E-state index < -0.39 is 0 Å². The summed E-state index contributed by atoms with van der Waals surface area (Å²) in [6.45, 7) is 10.5. The van der Waals surface area contributed by atoms with Gasteiger partial charge in [0.05, 0.1) is 0 Å². The number of carbonyl (C=O) groups excluding carboxylic acids is 1. The van der Waals surface area contributed by atoms with Crippen molar-refractivity contribution in [2.45, 2.75) is 59.5 Å². The molecule has 0 fully saturated rings. The number of rotatable bonds is 4. The minimum Gasteiger partial charge on any atom is -0.343 e. The Hall–Kier alpha value is -0.570. The first-order valence-corrected chi connectivity index (χ1v) is 5.67.